The van der Waals surface area contributed by atoms with Crippen LogP contribution in [0.4, 0.5) is 10.1 Å². The molecule has 3 nitrogen and oxygen atoms in total. The van der Waals surface area contributed by atoms with Gasteiger partial charge in [-0.05, 0) is 29.8 Å². The molecule has 3 rings (SSSR count). The number of rotatable bonds is 3. The fraction of sp³-hybridized carbons (Fsp3) is 0.0714. The maximum absolute atomic E-state index is 12.9. The maximum Gasteiger partial charge on any atom is 0.125 e. The molecule has 0 aliphatic carbocycles. The van der Waals surface area contributed by atoms with Crippen LogP contribution >= 0.6 is 22.9 Å². The zero-order valence-corrected chi connectivity index (χ0v) is 12.0. The summed E-state index contributed by atoms with van der Waals surface area (Å²) < 4.78 is 15.3. The minimum atomic E-state index is -0.248. The highest BCUT2D eigenvalue weighted by Gasteiger charge is 2.11. The Labute approximate surface area is 124 Å². The Hall–Kier alpha value is -1.85. The van der Waals surface area contributed by atoms with Crippen molar-refractivity contribution in [3.8, 4) is 10.6 Å². The van der Waals surface area contributed by atoms with Gasteiger partial charge in [0, 0.05) is 6.20 Å². The lowest BCUT2D eigenvalue weighted by Crippen LogP contribution is -2.00. The van der Waals surface area contributed by atoms with E-state index in [1.54, 1.807) is 23.0 Å². The molecule has 0 fully saturated rings. The Balaban J connectivity index is 1.87. The van der Waals surface area contributed by atoms with E-state index in [-0.39, 0.29) is 5.82 Å². The normalized spacial score (nSPS) is 10.9. The molecule has 0 atom stereocenters. The third-order valence-corrected chi connectivity index (χ3v) is 4.09. The van der Waals surface area contributed by atoms with Crippen LogP contribution in [-0.2, 0) is 6.54 Å². The lowest BCUT2D eigenvalue weighted by atomic mass is 10.2. The summed E-state index contributed by atoms with van der Waals surface area (Å²) in [6.45, 7) is 0.545. The van der Waals surface area contributed by atoms with Gasteiger partial charge in [-0.3, -0.25) is 4.68 Å². The van der Waals surface area contributed by atoms with Gasteiger partial charge < -0.3 is 5.73 Å². The van der Waals surface area contributed by atoms with Crippen molar-refractivity contribution in [2.45, 2.75) is 6.54 Å². The summed E-state index contributed by atoms with van der Waals surface area (Å²) in [5.74, 6) is -0.248. The number of hydrogen-bond donors (Lipinski definition) is 1. The van der Waals surface area contributed by atoms with Gasteiger partial charge >= 0.3 is 0 Å². The predicted molar refractivity (Wildman–Crippen MR) is 80.5 cm³/mol. The van der Waals surface area contributed by atoms with Gasteiger partial charge in [0.15, 0.2) is 0 Å². The van der Waals surface area contributed by atoms with Crippen LogP contribution < -0.4 is 5.73 Å². The van der Waals surface area contributed by atoms with Gasteiger partial charge in [-0.25, -0.2) is 4.39 Å². The molecule has 0 amide bonds. The molecule has 0 aliphatic rings. The highest BCUT2D eigenvalue weighted by atomic mass is 35.5. The summed E-state index contributed by atoms with van der Waals surface area (Å²) in [4.78, 5) is 0.936. The van der Waals surface area contributed by atoms with E-state index in [1.165, 1.54) is 23.5 Å². The number of nitrogens with zero attached hydrogens (tertiary/aromatic N) is 2. The summed E-state index contributed by atoms with van der Waals surface area (Å²) in [6, 6.07) is 10.0. The van der Waals surface area contributed by atoms with Gasteiger partial charge in [0.05, 0.1) is 21.4 Å². The molecule has 0 bridgehead atoms. The van der Waals surface area contributed by atoms with Crippen LogP contribution in [0, 0.1) is 5.82 Å². The minimum Gasteiger partial charge on any atom is -0.396 e. The average molecular weight is 308 g/mol. The van der Waals surface area contributed by atoms with Gasteiger partial charge in [-0.15, -0.1) is 11.3 Å². The first-order valence-electron chi connectivity index (χ1n) is 5.95. The highest BCUT2D eigenvalue weighted by Crippen LogP contribution is 2.33. The number of halogens is 2. The molecule has 0 unspecified atom stereocenters. The fourth-order valence-corrected chi connectivity index (χ4v) is 2.98. The average Bonchev–Trinajstić information content (AvgIpc) is 2.98. The number of benzene rings is 1. The lowest BCUT2D eigenvalue weighted by molar-refractivity contribution is 0.624. The molecule has 2 N–H and O–H groups in total. The number of anilines is 1. The van der Waals surface area contributed by atoms with Gasteiger partial charge in [0.25, 0.3) is 0 Å². The predicted octanol–water partition coefficient (Wildman–Crippen LogP) is 4.03. The van der Waals surface area contributed by atoms with E-state index in [0.29, 0.717) is 16.6 Å². The summed E-state index contributed by atoms with van der Waals surface area (Å²) in [5, 5.41) is 4.46. The van der Waals surface area contributed by atoms with Gasteiger partial charge in [-0.1, -0.05) is 23.7 Å². The molecule has 0 saturated heterocycles. The molecule has 2 heterocycles. The number of thiophene rings is 1. The second-order valence-corrected chi connectivity index (χ2v) is 6.08. The zero-order chi connectivity index (χ0) is 14.1. The highest BCUT2D eigenvalue weighted by molar-refractivity contribution is 7.19. The molecule has 6 heteroatoms. The zero-order valence-electron chi connectivity index (χ0n) is 10.4. The largest absolute Gasteiger partial charge is 0.396 e. The molecule has 20 heavy (non-hydrogen) atoms. The summed E-state index contributed by atoms with van der Waals surface area (Å²) >= 11 is 7.36. The van der Waals surface area contributed by atoms with E-state index in [9.17, 15) is 4.39 Å². The van der Waals surface area contributed by atoms with E-state index >= 15 is 0 Å². The second-order valence-electron chi connectivity index (χ2n) is 4.36. The Morgan fingerprint density at radius 3 is 2.60 bits per heavy atom. The van der Waals surface area contributed by atoms with Crippen LogP contribution in [0.2, 0.25) is 4.34 Å². The van der Waals surface area contributed by atoms with Crippen LogP contribution in [-0.4, -0.2) is 9.78 Å². The lowest BCUT2D eigenvalue weighted by Gasteiger charge is -2.01. The monoisotopic (exact) mass is 307 g/mol. The Morgan fingerprint density at radius 1 is 1.20 bits per heavy atom. The van der Waals surface area contributed by atoms with Gasteiger partial charge in [-0.2, -0.15) is 5.10 Å². The van der Waals surface area contributed by atoms with Crippen molar-refractivity contribution >= 4 is 28.6 Å². The van der Waals surface area contributed by atoms with Gasteiger partial charge in [0.1, 0.15) is 11.5 Å². The van der Waals surface area contributed by atoms with Crippen LogP contribution in [0.1, 0.15) is 5.56 Å². The fourth-order valence-electron chi connectivity index (χ4n) is 1.93. The molecule has 0 saturated carbocycles. The number of hydrogen-bond acceptors (Lipinski definition) is 3. The minimum absolute atomic E-state index is 0.248. The van der Waals surface area contributed by atoms with Crippen LogP contribution in [0.3, 0.4) is 0 Å². The molecular weight excluding hydrogens is 297 g/mol. The van der Waals surface area contributed by atoms with Crippen LogP contribution in [0.5, 0.6) is 0 Å². The Morgan fingerprint density at radius 2 is 1.95 bits per heavy atom. The maximum atomic E-state index is 12.9. The quantitative estimate of drug-likeness (QED) is 0.794. The molecule has 0 aliphatic heterocycles. The Bertz CT molecular complexity index is 733. The van der Waals surface area contributed by atoms with E-state index in [1.807, 2.05) is 12.1 Å². The third-order valence-electron chi connectivity index (χ3n) is 2.85. The topological polar surface area (TPSA) is 43.8 Å². The third kappa shape index (κ3) is 2.69. The van der Waals surface area contributed by atoms with Crippen molar-refractivity contribution in [2.24, 2.45) is 0 Å². The van der Waals surface area contributed by atoms with E-state index in [0.717, 1.165) is 16.1 Å². The van der Waals surface area contributed by atoms with Crippen molar-refractivity contribution in [2.75, 3.05) is 5.73 Å². The first-order chi connectivity index (χ1) is 9.61. The standard InChI is InChI=1S/C14H11ClFN3S/c15-13-6-5-12(20-13)14-11(17)8-19(18-14)7-9-1-3-10(16)4-2-9/h1-6,8H,7,17H2. The van der Waals surface area contributed by atoms with Gasteiger partial charge in [0.2, 0.25) is 0 Å². The van der Waals surface area contributed by atoms with Crippen molar-refractivity contribution in [1.29, 1.82) is 0 Å². The first-order valence-corrected chi connectivity index (χ1v) is 7.14. The Kier molecular flexibility index (Phi) is 3.46. The first kappa shape index (κ1) is 13.1. The number of aromatic nitrogens is 2. The number of nitrogens with two attached hydrogens (primary N) is 1. The van der Waals surface area contributed by atoms with Crippen molar-refractivity contribution in [3.05, 3.63) is 58.3 Å². The van der Waals surface area contributed by atoms with E-state index in [4.69, 9.17) is 17.3 Å². The molecule has 0 spiro atoms. The van der Waals surface area contributed by atoms with E-state index < -0.39 is 0 Å². The summed E-state index contributed by atoms with van der Waals surface area (Å²) in [6.07, 6.45) is 1.77. The molecule has 1 aromatic carbocycles. The summed E-state index contributed by atoms with van der Waals surface area (Å²) in [7, 11) is 0. The van der Waals surface area contributed by atoms with Crippen molar-refractivity contribution in [1.82, 2.24) is 9.78 Å². The molecule has 3 aromatic rings. The SMILES string of the molecule is Nc1cn(Cc2ccc(F)cc2)nc1-c1ccc(Cl)s1. The molecule has 2 aromatic heterocycles. The second kappa shape index (κ2) is 5.26. The number of nitrogen functional groups attached to an aromatic ring is 1. The van der Waals surface area contributed by atoms with Crippen LogP contribution in [0.15, 0.2) is 42.6 Å². The summed E-state index contributed by atoms with van der Waals surface area (Å²) in [5.41, 5.74) is 8.27. The van der Waals surface area contributed by atoms with Crippen molar-refractivity contribution < 1.29 is 4.39 Å². The molecular formula is C14H11ClFN3S. The van der Waals surface area contributed by atoms with Crippen molar-refractivity contribution in [3.63, 3.8) is 0 Å². The molecule has 0 radical (unpaired) electrons. The van der Waals surface area contributed by atoms with E-state index in [2.05, 4.69) is 5.10 Å². The van der Waals surface area contributed by atoms with Crippen LogP contribution in [0.25, 0.3) is 10.6 Å². The smallest absolute Gasteiger partial charge is 0.125 e. The molecule has 102 valence electrons.